The molecule has 3 N–H and O–H groups in total. The number of aliphatic hydroxyl groups is 1. The number of benzene rings is 4. The molecule has 0 bridgehead atoms. The summed E-state index contributed by atoms with van der Waals surface area (Å²) in [6, 6.07) is 33.6. The third kappa shape index (κ3) is 7.44. The number of methoxy groups -OCH3 is 2. The van der Waals surface area contributed by atoms with E-state index in [-0.39, 0.29) is 10.9 Å². The monoisotopic (exact) mass is 787 g/mol. The molecule has 4 aromatic carbocycles. The third-order valence-corrected chi connectivity index (χ3v) is 15.7. The van der Waals surface area contributed by atoms with Crippen molar-refractivity contribution in [1.82, 2.24) is 19.5 Å². The summed E-state index contributed by atoms with van der Waals surface area (Å²) < 4.78 is 34.3. The molecular formula is C44H49N5O7Si. The SMILES string of the molecule is COc1ccc(C(OC(C(=O)c2ccccc2)[C@H]2O[C@@H](n3cnc4c(N)ncnc43)[C@H](O[Si](C)(C)C(C)(C)C)[C@@H]2O)(c2ccccc2)c2ccc(OC)cc2)cc1. The van der Waals surface area contributed by atoms with Crippen LogP contribution in [0.1, 0.15) is 54.0 Å². The van der Waals surface area contributed by atoms with Crippen LogP contribution in [0.5, 0.6) is 11.5 Å². The molecule has 5 atom stereocenters. The number of Topliss-reactive ketones (excluding diaryl/α,β-unsaturated/α-hetero) is 1. The summed E-state index contributed by atoms with van der Waals surface area (Å²) in [6.07, 6.45) is -3.07. The van der Waals surface area contributed by atoms with Crippen LogP contribution in [-0.2, 0) is 19.5 Å². The largest absolute Gasteiger partial charge is 0.497 e. The van der Waals surface area contributed by atoms with E-state index in [2.05, 4.69) is 48.8 Å². The fourth-order valence-electron chi connectivity index (χ4n) is 7.11. The number of nitrogens with zero attached hydrogens (tertiary/aromatic N) is 4. The number of imidazole rings is 1. The molecule has 7 rings (SSSR count). The number of anilines is 1. The summed E-state index contributed by atoms with van der Waals surface area (Å²) in [5.74, 6) is 1.10. The zero-order valence-corrected chi connectivity index (χ0v) is 34.2. The maximum absolute atomic E-state index is 15.2. The van der Waals surface area contributed by atoms with E-state index in [1.807, 2.05) is 84.9 Å². The minimum atomic E-state index is -2.60. The van der Waals surface area contributed by atoms with Gasteiger partial charge in [-0.3, -0.25) is 9.36 Å². The molecule has 57 heavy (non-hydrogen) atoms. The fourth-order valence-corrected chi connectivity index (χ4v) is 8.40. The van der Waals surface area contributed by atoms with Gasteiger partial charge in [0, 0.05) is 5.56 Å². The zero-order valence-electron chi connectivity index (χ0n) is 33.2. The lowest BCUT2D eigenvalue weighted by Crippen LogP contribution is -2.52. The van der Waals surface area contributed by atoms with Gasteiger partial charge in [-0.05, 0) is 59.1 Å². The van der Waals surface area contributed by atoms with Crippen molar-refractivity contribution in [3.8, 4) is 11.5 Å². The number of ketones is 1. The summed E-state index contributed by atoms with van der Waals surface area (Å²) in [4.78, 5) is 28.3. The summed E-state index contributed by atoms with van der Waals surface area (Å²) in [7, 11) is 0.610. The van der Waals surface area contributed by atoms with Gasteiger partial charge in [0.25, 0.3) is 0 Å². The van der Waals surface area contributed by atoms with Crippen LogP contribution in [0, 0.1) is 0 Å². The molecule has 0 saturated carbocycles. The first-order valence-corrected chi connectivity index (χ1v) is 21.8. The van der Waals surface area contributed by atoms with Gasteiger partial charge in [-0.25, -0.2) is 15.0 Å². The molecule has 12 nitrogen and oxygen atoms in total. The molecule has 0 aliphatic carbocycles. The lowest BCUT2D eigenvalue weighted by molar-refractivity contribution is -0.126. The molecule has 1 saturated heterocycles. The number of carbonyl (C=O) groups is 1. The normalized spacial score (nSPS) is 19.4. The van der Waals surface area contributed by atoms with Gasteiger partial charge in [0.15, 0.2) is 37.9 Å². The Bertz CT molecular complexity index is 2250. The van der Waals surface area contributed by atoms with Gasteiger partial charge in [-0.2, -0.15) is 0 Å². The number of carbonyl (C=O) groups excluding carboxylic acids is 1. The van der Waals surface area contributed by atoms with Gasteiger partial charge in [-0.1, -0.05) is 106 Å². The molecule has 296 valence electrons. The van der Waals surface area contributed by atoms with Gasteiger partial charge in [0.05, 0.1) is 20.5 Å². The molecule has 1 unspecified atom stereocenters. The second-order valence-electron chi connectivity index (χ2n) is 15.7. The smallest absolute Gasteiger partial charge is 0.194 e. The maximum atomic E-state index is 15.2. The van der Waals surface area contributed by atoms with Crippen LogP contribution in [0.3, 0.4) is 0 Å². The molecule has 1 aliphatic rings. The minimum absolute atomic E-state index is 0.197. The van der Waals surface area contributed by atoms with Gasteiger partial charge in [-0.15, -0.1) is 0 Å². The Morgan fingerprint density at radius 2 is 1.35 bits per heavy atom. The van der Waals surface area contributed by atoms with Crippen LogP contribution in [-0.4, -0.2) is 77.4 Å². The fraction of sp³-hybridized carbons (Fsp3) is 0.318. The lowest BCUT2D eigenvalue weighted by Gasteiger charge is -2.41. The first-order chi connectivity index (χ1) is 27.3. The van der Waals surface area contributed by atoms with E-state index in [9.17, 15) is 5.11 Å². The number of fused-ring (bicyclic) bond motifs is 1. The average molecular weight is 788 g/mol. The number of rotatable bonds is 13. The van der Waals surface area contributed by atoms with Crippen LogP contribution in [0.15, 0.2) is 122 Å². The van der Waals surface area contributed by atoms with Crippen LogP contribution in [0.4, 0.5) is 5.82 Å². The summed E-state index contributed by atoms with van der Waals surface area (Å²) in [5, 5.41) is 12.5. The van der Waals surface area contributed by atoms with E-state index in [0.717, 1.165) is 5.56 Å². The average Bonchev–Trinajstić information content (AvgIpc) is 3.79. The lowest BCUT2D eigenvalue weighted by atomic mass is 9.79. The second kappa shape index (κ2) is 15.8. The number of hydrogen-bond donors (Lipinski definition) is 2. The van der Waals surface area contributed by atoms with Crippen LogP contribution in [0.2, 0.25) is 18.1 Å². The predicted octanol–water partition coefficient (Wildman–Crippen LogP) is 7.33. The standard InChI is InChI=1S/C44H49N5O7Si/c1-43(2,3)57(6,7)56-39-36(51)37(54-42(39)49-27-48-34-40(45)46-26-47-41(34)49)38(35(50)28-14-10-8-11-15-28)55-44(29-16-12-9-13-17-29,30-18-22-32(52-4)23-19-30)31-20-24-33(53-5)25-21-31/h8-27,36-39,42,51H,1-7H3,(H2,45,46,47)/t36-,37+,38?,39-,42-/m1/s1. The van der Waals surface area contributed by atoms with Crippen molar-refractivity contribution in [3.05, 3.63) is 144 Å². The first-order valence-electron chi connectivity index (χ1n) is 18.8. The van der Waals surface area contributed by atoms with Crippen LogP contribution >= 0.6 is 0 Å². The molecule has 2 aromatic heterocycles. The van der Waals surface area contributed by atoms with Gasteiger partial charge >= 0.3 is 0 Å². The number of hydrogen-bond acceptors (Lipinski definition) is 11. The molecule has 1 aliphatic heterocycles. The highest BCUT2D eigenvalue weighted by Crippen LogP contribution is 2.47. The van der Waals surface area contributed by atoms with E-state index < -0.39 is 50.3 Å². The summed E-state index contributed by atoms with van der Waals surface area (Å²) in [5.41, 5.74) is 8.07. The van der Waals surface area contributed by atoms with Crippen molar-refractivity contribution in [2.45, 2.75) is 75.1 Å². The van der Waals surface area contributed by atoms with Crippen molar-refractivity contribution in [2.75, 3.05) is 20.0 Å². The molecule has 6 aromatic rings. The van der Waals surface area contributed by atoms with Crippen molar-refractivity contribution < 1.29 is 33.3 Å². The Morgan fingerprint density at radius 1 is 0.807 bits per heavy atom. The van der Waals surface area contributed by atoms with Crippen molar-refractivity contribution in [2.24, 2.45) is 0 Å². The van der Waals surface area contributed by atoms with Crippen molar-refractivity contribution in [3.63, 3.8) is 0 Å². The number of nitrogens with two attached hydrogens (primary N) is 1. The number of nitrogen functional groups attached to an aromatic ring is 1. The summed E-state index contributed by atoms with van der Waals surface area (Å²) >= 11 is 0. The Kier molecular flexibility index (Phi) is 11.0. The Labute approximate surface area is 333 Å². The Morgan fingerprint density at radius 3 is 1.89 bits per heavy atom. The van der Waals surface area contributed by atoms with Gasteiger partial charge in [0.2, 0.25) is 0 Å². The first kappa shape index (κ1) is 39.8. The molecule has 0 radical (unpaired) electrons. The van der Waals surface area contributed by atoms with Gasteiger partial charge < -0.3 is 34.2 Å². The third-order valence-electron chi connectivity index (χ3n) is 11.2. The molecule has 13 heteroatoms. The topological polar surface area (TPSA) is 153 Å². The Hall–Kier alpha value is -5.44. The zero-order chi connectivity index (χ0) is 40.5. The van der Waals surface area contributed by atoms with E-state index in [4.69, 9.17) is 29.1 Å². The van der Waals surface area contributed by atoms with E-state index in [1.54, 1.807) is 49.4 Å². The number of aromatic nitrogens is 4. The van der Waals surface area contributed by atoms with E-state index in [0.29, 0.717) is 39.4 Å². The van der Waals surface area contributed by atoms with E-state index in [1.165, 1.54) is 6.33 Å². The molecule has 1 fully saturated rings. The van der Waals surface area contributed by atoms with Crippen LogP contribution in [0.25, 0.3) is 11.2 Å². The highest BCUT2D eigenvalue weighted by Gasteiger charge is 2.56. The summed E-state index contributed by atoms with van der Waals surface area (Å²) in [6.45, 7) is 10.6. The van der Waals surface area contributed by atoms with Crippen LogP contribution < -0.4 is 15.2 Å². The van der Waals surface area contributed by atoms with Gasteiger partial charge in [0.1, 0.15) is 47.3 Å². The molecule has 0 spiro atoms. The molecular weight excluding hydrogens is 739 g/mol. The molecule has 0 amide bonds. The molecule has 3 heterocycles. The van der Waals surface area contributed by atoms with E-state index >= 15 is 4.79 Å². The number of aliphatic hydroxyl groups excluding tert-OH is 1. The predicted molar refractivity (Wildman–Crippen MR) is 220 cm³/mol. The maximum Gasteiger partial charge on any atom is 0.194 e. The van der Waals surface area contributed by atoms with Crippen molar-refractivity contribution in [1.29, 1.82) is 0 Å². The Balaban J connectivity index is 1.45. The highest BCUT2D eigenvalue weighted by molar-refractivity contribution is 6.74. The minimum Gasteiger partial charge on any atom is -0.497 e. The number of ether oxygens (including phenoxy) is 4. The second-order valence-corrected chi connectivity index (χ2v) is 20.4. The quantitative estimate of drug-likeness (QED) is 0.0687. The van der Waals surface area contributed by atoms with Crippen molar-refractivity contribution >= 4 is 31.1 Å². The highest BCUT2D eigenvalue weighted by atomic mass is 28.4.